The lowest BCUT2D eigenvalue weighted by molar-refractivity contribution is -0.359. The second kappa shape index (κ2) is 52.1. The van der Waals surface area contributed by atoms with E-state index in [0.717, 1.165) is 70.6 Å². The van der Waals surface area contributed by atoms with Crippen molar-refractivity contribution in [3.05, 3.63) is 60.8 Å². The number of aliphatic hydroxyl groups is 8. The minimum Gasteiger partial charge on any atom is -0.394 e. The highest BCUT2D eigenvalue weighted by molar-refractivity contribution is 5.76. The quantitative estimate of drug-likeness (QED) is 0.0204. The summed E-state index contributed by atoms with van der Waals surface area (Å²) in [6, 6.07) is -0.919. The van der Waals surface area contributed by atoms with Gasteiger partial charge >= 0.3 is 0 Å². The Balaban J connectivity index is 1.72. The molecule has 0 saturated carbocycles. The van der Waals surface area contributed by atoms with Crippen LogP contribution in [0.1, 0.15) is 264 Å². The fourth-order valence-corrected chi connectivity index (χ4v) is 10.7. The monoisotopic (exact) mass is 1150 g/mol. The van der Waals surface area contributed by atoms with Gasteiger partial charge in [-0.3, -0.25) is 4.79 Å². The zero-order chi connectivity index (χ0) is 58.8. The van der Waals surface area contributed by atoms with Gasteiger partial charge < -0.3 is 65.1 Å². The Labute approximate surface area is 492 Å². The van der Waals surface area contributed by atoms with Gasteiger partial charge in [-0.2, -0.15) is 0 Å². The molecular formula is C67H121NO13. The molecule has 2 aliphatic rings. The average molecular weight is 1150 g/mol. The molecule has 2 fully saturated rings. The summed E-state index contributed by atoms with van der Waals surface area (Å²) in [6.07, 6.45) is 51.1. The first-order valence-corrected chi connectivity index (χ1v) is 33.0. The molecule has 0 bridgehead atoms. The molecule has 0 aromatic rings. The lowest BCUT2D eigenvalue weighted by Crippen LogP contribution is -2.65. The van der Waals surface area contributed by atoms with Crippen molar-refractivity contribution in [2.45, 2.75) is 338 Å². The molecule has 12 unspecified atom stereocenters. The molecule has 2 heterocycles. The Morgan fingerprint density at radius 1 is 0.457 bits per heavy atom. The third-order valence-electron chi connectivity index (χ3n) is 16.0. The summed E-state index contributed by atoms with van der Waals surface area (Å²) in [5, 5.41) is 87.3. The zero-order valence-corrected chi connectivity index (χ0v) is 51.0. The van der Waals surface area contributed by atoms with E-state index in [1.807, 2.05) is 6.08 Å². The smallest absolute Gasteiger partial charge is 0.220 e. The zero-order valence-electron chi connectivity index (χ0n) is 51.0. The van der Waals surface area contributed by atoms with E-state index >= 15 is 0 Å². The molecule has 14 heteroatoms. The molecule has 0 aliphatic carbocycles. The van der Waals surface area contributed by atoms with Gasteiger partial charge in [0.05, 0.1) is 32.0 Å². The van der Waals surface area contributed by atoms with E-state index in [2.05, 4.69) is 67.8 Å². The lowest BCUT2D eigenvalue weighted by atomic mass is 9.97. The molecule has 14 nitrogen and oxygen atoms in total. The van der Waals surface area contributed by atoms with Gasteiger partial charge in [0, 0.05) is 6.42 Å². The first-order chi connectivity index (χ1) is 39.6. The van der Waals surface area contributed by atoms with E-state index in [0.29, 0.717) is 6.42 Å². The van der Waals surface area contributed by atoms with Gasteiger partial charge in [0.25, 0.3) is 0 Å². The first-order valence-electron chi connectivity index (χ1n) is 33.0. The number of amides is 1. The van der Waals surface area contributed by atoms with Gasteiger partial charge in [0.15, 0.2) is 12.6 Å². The summed E-state index contributed by atoms with van der Waals surface area (Å²) in [6.45, 7) is 2.71. The van der Waals surface area contributed by atoms with Crippen molar-refractivity contribution in [2.75, 3.05) is 19.8 Å². The van der Waals surface area contributed by atoms with Gasteiger partial charge in [-0.05, 0) is 57.8 Å². The summed E-state index contributed by atoms with van der Waals surface area (Å²) in [5.41, 5.74) is 0. The van der Waals surface area contributed by atoms with Crippen LogP contribution in [0.5, 0.6) is 0 Å². The Morgan fingerprint density at radius 3 is 1.31 bits per heavy atom. The standard InChI is InChI=1S/C67H121NO13/c1-3-5-7-9-11-13-15-17-19-21-23-25-27-28-29-31-33-35-37-39-41-43-45-47-49-51-59(72)68-55(54-78-66-64(77)62(75)65(58(53-70)80-66)81-67-63(76)61(74)60(73)57(52-69)79-67)56(71)50-48-46-44-42-40-38-36-34-32-30-26-24-22-20-18-16-14-12-10-8-6-4-2/h5,7,11,13,17,19,23,25,48,50,55-58,60-67,69-71,73-77H,3-4,6,8-10,12,14-16,18,20-22,24,26-47,49,51-54H2,1-2H3,(H,68,72)/b7-5-,13-11-,19-17-,25-23-,50-48+. The molecule has 0 aromatic carbocycles. The highest BCUT2D eigenvalue weighted by Crippen LogP contribution is 2.30. The molecule has 2 saturated heterocycles. The van der Waals surface area contributed by atoms with Crippen molar-refractivity contribution in [3.8, 4) is 0 Å². The third-order valence-corrected chi connectivity index (χ3v) is 16.0. The predicted molar refractivity (Wildman–Crippen MR) is 327 cm³/mol. The van der Waals surface area contributed by atoms with Crippen LogP contribution in [-0.4, -0.2) is 140 Å². The van der Waals surface area contributed by atoms with Crippen molar-refractivity contribution in [3.63, 3.8) is 0 Å². The Bertz CT molecular complexity index is 1590. The van der Waals surface area contributed by atoms with Gasteiger partial charge in [0.1, 0.15) is 48.8 Å². The molecular weight excluding hydrogens is 1030 g/mol. The minimum absolute atomic E-state index is 0.241. The molecule has 0 radical (unpaired) electrons. The van der Waals surface area contributed by atoms with Crippen LogP contribution in [-0.2, 0) is 23.7 Å². The van der Waals surface area contributed by atoms with Crippen molar-refractivity contribution >= 4 is 5.91 Å². The largest absolute Gasteiger partial charge is 0.394 e. The topological polar surface area (TPSA) is 228 Å². The number of nitrogens with one attached hydrogen (secondary N) is 1. The van der Waals surface area contributed by atoms with E-state index in [9.17, 15) is 45.6 Å². The number of rotatable bonds is 53. The number of hydrogen-bond donors (Lipinski definition) is 9. The van der Waals surface area contributed by atoms with Crippen LogP contribution in [0.2, 0.25) is 0 Å². The van der Waals surface area contributed by atoms with Crippen molar-refractivity contribution in [1.82, 2.24) is 5.32 Å². The summed E-state index contributed by atoms with van der Waals surface area (Å²) < 4.78 is 22.8. The average Bonchev–Trinajstić information content (AvgIpc) is 3.47. The van der Waals surface area contributed by atoms with E-state index in [4.69, 9.17) is 18.9 Å². The van der Waals surface area contributed by atoms with Gasteiger partial charge in [-0.25, -0.2) is 0 Å². The number of unbranched alkanes of at least 4 members (excludes halogenated alkanes) is 32. The fourth-order valence-electron chi connectivity index (χ4n) is 10.7. The Morgan fingerprint density at radius 2 is 0.852 bits per heavy atom. The maximum atomic E-state index is 13.3. The molecule has 0 spiro atoms. The van der Waals surface area contributed by atoms with Gasteiger partial charge in [-0.15, -0.1) is 0 Å². The van der Waals surface area contributed by atoms with Gasteiger partial charge in [0.2, 0.25) is 5.91 Å². The van der Waals surface area contributed by atoms with Crippen LogP contribution in [0.25, 0.3) is 0 Å². The summed E-state index contributed by atoms with van der Waals surface area (Å²) in [7, 11) is 0. The number of aliphatic hydroxyl groups excluding tert-OH is 8. The van der Waals surface area contributed by atoms with E-state index in [-0.39, 0.29) is 18.9 Å². The summed E-state index contributed by atoms with van der Waals surface area (Å²) in [5.74, 6) is -0.241. The Kier molecular flexibility index (Phi) is 48.1. The second-order valence-corrected chi connectivity index (χ2v) is 23.2. The van der Waals surface area contributed by atoms with Crippen molar-refractivity contribution in [2.24, 2.45) is 0 Å². The number of hydrogen-bond acceptors (Lipinski definition) is 13. The SMILES string of the molecule is CC/C=C\C/C=C\C/C=C\C/C=C\CCCCCCCCCCCCCCC(=O)NC(COC1OC(CO)C(OC2OC(CO)C(O)C(O)C2O)C(O)C1O)C(O)/C=C/CCCCCCCCCCCCCCCCCCCCCC. The molecule has 81 heavy (non-hydrogen) atoms. The molecule has 2 rings (SSSR count). The molecule has 9 N–H and O–H groups in total. The van der Waals surface area contributed by atoms with Crippen molar-refractivity contribution < 1.29 is 64.6 Å². The van der Waals surface area contributed by atoms with Crippen LogP contribution < -0.4 is 5.32 Å². The Hall–Kier alpha value is -2.31. The summed E-state index contributed by atoms with van der Waals surface area (Å²) in [4.78, 5) is 13.3. The van der Waals surface area contributed by atoms with Crippen LogP contribution in [0.4, 0.5) is 0 Å². The normalized spacial score (nSPS) is 24.5. The van der Waals surface area contributed by atoms with Crippen LogP contribution in [0, 0.1) is 0 Å². The van der Waals surface area contributed by atoms with Crippen LogP contribution in [0.15, 0.2) is 60.8 Å². The molecule has 0 aromatic heterocycles. The highest BCUT2D eigenvalue weighted by Gasteiger charge is 2.51. The van der Waals surface area contributed by atoms with E-state index in [1.54, 1.807) is 6.08 Å². The number of carbonyl (C=O) groups is 1. The van der Waals surface area contributed by atoms with E-state index in [1.165, 1.54) is 167 Å². The summed E-state index contributed by atoms with van der Waals surface area (Å²) >= 11 is 0. The minimum atomic E-state index is -1.79. The molecule has 1 amide bonds. The van der Waals surface area contributed by atoms with Crippen molar-refractivity contribution in [1.29, 1.82) is 0 Å². The first kappa shape index (κ1) is 74.8. The predicted octanol–water partition coefficient (Wildman–Crippen LogP) is 12.5. The van der Waals surface area contributed by atoms with Crippen LogP contribution >= 0.6 is 0 Å². The fraction of sp³-hybridized carbons (Fsp3) is 0.836. The third kappa shape index (κ3) is 37.0. The maximum Gasteiger partial charge on any atom is 0.220 e. The highest BCUT2D eigenvalue weighted by atomic mass is 16.7. The lowest BCUT2D eigenvalue weighted by Gasteiger charge is -2.46. The molecule has 472 valence electrons. The second-order valence-electron chi connectivity index (χ2n) is 23.2. The maximum absolute atomic E-state index is 13.3. The van der Waals surface area contributed by atoms with Gasteiger partial charge in [-0.1, -0.05) is 261 Å². The molecule has 12 atom stereocenters. The van der Waals surface area contributed by atoms with E-state index < -0.39 is 86.8 Å². The number of ether oxygens (including phenoxy) is 4. The molecule has 2 aliphatic heterocycles. The van der Waals surface area contributed by atoms with Crippen LogP contribution in [0.3, 0.4) is 0 Å². The number of allylic oxidation sites excluding steroid dienone is 9. The number of carbonyl (C=O) groups excluding carboxylic acids is 1.